The van der Waals surface area contributed by atoms with Crippen LogP contribution in [0.5, 0.6) is 0 Å². The summed E-state index contributed by atoms with van der Waals surface area (Å²) in [5.41, 5.74) is 0.934. The summed E-state index contributed by atoms with van der Waals surface area (Å²) >= 11 is 3.13. The summed E-state index contributed by atoms with van der Waals surface area (Å²) in [6, 6.07) is 5.15. The van der Waals surface area contributed by atoms with Crippen molar-refractivity contribution in [3.8, 4) is 0 Å². The molecule has 0 bridgehead atoms. The van der Waals surface area contributed by atoms with E-state index in [4.69, 9.17) is 4.74 Å². The fraction of sp³-hybridized carbons (Fsp3) is 0.538. The van der Waals surface area contributed by atoms with E-state index in [0.717, 1.165) is 25.3 Å². The predicted molar refractivity (Wildman–Crippen MR) is 75.2 cm³/mol. The standard InChI is InChI=1S/C13H20BrFN2O/c1-17(2)6-8-18-7-5-16-10-11-3-4-12(14)13(15)9-11/h3-4,9,16H,5-8,10H2,1-2H3. The fourth-order valence-corrected chi connectivity index (χ4v) is 1.62. The summed E-state index contributed by atoms with van der Waals surface area (Å²) in [5, 5.41) is 3.22. The average Bonchev–Trinajstić information content (AvgIpc) is 2.32. The predicted octanol–water partition coefficient (Wildman–Crippen LogP) is 2.26. The molecule has 0 unspecified atom stereocenters. The summed E-state index contributed by atoms with van der Waals surface area (Å²) < 4.78 is 19.2. The second-order valence-electron chi connectivity index (χ2n) is 4.34. The van der Waals surface area contributed by atoms with Gasteiger partial charge >= 0.3 is 0 Å². The van der Waals surface area contributed by atoms with Crippen LogP contribution in [0.2, 0.25) is 0 Å². The molecular formula is C13H20BrFN2O. The Morgan fingerprint density at radius 3 is 2.78 bits per heavy atom. The van der Waals surface area contributed by atoms with Crippen LogP contribution < -0.4 is 5.32 Å². The van der Waals surface area contributed by atoms with E-state index < -0.39 is 0 Å². The summed E-state index contributed by atoms with van der Waals surface area (Å²) in [7, 11) is 4.04. The number of ether oxygens (including phenoxy) is 1. The molecule has 1 N–H and O–H groups in total. The summed E-state index contributed by atoms with van der Waals surface area (Å²) in [4.78, 5) is 2.08. The molecule has 0 aromatic heterocycles. The van der Waals surface area contributed by atoms with Gasteiger partial charge in [0.2, 0.25) is 0 Å². The minimum atomic E-state index is -0.225. The highest BCUT2D eigenvalue weighted by atomic mass is 79.9. The van der Waals surface area contributed by atoms with Crippen molar-refractivity contribution >= 4 is 15.9 Å². The Bertz CT molecular complexity index is 361. The van der Waals surface area contributed by atoms with E-state index in [2.05, 4.69) is 26.1 Å². The highest BCUT2D eigenvalue weighted by Gasteiger charge is 2.00. The summed E-state index contributed by atoms with van der Waals surface area (Å²) in [6.45, 7) is 3.76. The lowest BCUT2D eigenvalue weighted by atomic mass is 10.2. The Kier molecular flexibility index (Phi) is 7.42. The highest BCUT2D eigenvalue weighted by Crippen LogP contribution is 2.16. The number of hydrogen-bond acceptors (Lipinski definition) is 3. The molecule has 0 aliphatic rings. The maximum absolute atomic E-state index is 13.2. The number of likely N-dealkylation sites (N-methyl/N-ethyl adjacent to an activating group) is 1. The van der Waals surface area contributed by atoms with Crippen molar-refractivity contribution in [2.45, 2.75) is 6.54 Å². The molecule has 1 rings (SSSR count). The fourth-order valence-electron chi connectivity index (χ4n) is 1.38. The van der Waals surface area contributed by atoms with Crippen LogP contribution in [0.15, 0.2) is 22.7 Å². The molecular weight excluding hydrogens is 299 g/mol. The number of benzene rings is 1. The van der Waals surface area contributed by atoms with E-state index in [-0.39, 0.29) is 5.82 Å². The van der Waals surface area contributed by atoms with Gasteiger partial charge in [-0.05, 0) is 47.7 Å². The van der Waals surface area contributed by atoms with Crippen molar-refractivity contribution in [3.05, 3.63) is 34.1 Å². The van der Waals surface area contributed by atoms with E-state index >= 15 is 0 Å². The van der Waals surface area contributed by atoms with Crippen LogP contribution in [0, 0.1) is 5.82 Å². The summed E-state index contributed by atoms with van der Waals surface area (Å²) in [5.74, 6) is -0.225. The van der Waals surface area contributed by atoms with E-state index in [0.29, 0.717) is 17.6 Å². The first-order valence-corrected chi connectivity index (χ1v) is 6.76. The quantitative estimate of drug-likeness (QED) is 0.744. The van der Waals surface area contributed by atoms with Gasteiger partial charge in [-0.1, -0.05) is 6.07 Å². The molecule has 0 atom stereocenters. The molecule has 0 spiro atoms. The van der Waals surface area contributed by atoms with Crippen LogP contribution >= 0.6 is 15.9 Å². The van der Waals surface area contributed by atoms with E-state index in [9.17, 15) is 4.39 Å². The Morgan fingerprint density at radius 2 is 2.11 bits per heavy atom. The lowest BCUT2D eigenvalue weighted by Crippen LogP contribution is -2.23. The van der Waals surface area contributed by atoms with E-state index in [1.54, 1.807) is 6.07 Å². The van der Waals surface area contributed by atoms with Gasteiger partial charge < -0.3 is 15.0 Å². The third-order valence-corrected chi connectivity index (χ3v) is 3.06. The first kappa shape index (κ1) is 15.6. The lowest BCUT2D eigenvalue weighted by molar-refractivity contribution is 0.119. The molecule has 0 amide bonds. The maximum Gasteiger partial charge on any atom is 0.137 e. The third kappa shape index (κ3) is 6.44. The van der Waals surface area contributed by atoms with Crippen molar-refractivity contribution in [1.29, 1.82) is 0 Å². The second kappa shape index (κ2) is 8.58. The number of nitrogens with zero attached hydrogens (tertiary/aromatic N) is 1. The largest absolute Gasteiger partial charge is 0.379 e. The zero-order valence-corrected chi connectivity index (χ0v) is 12.5. The number of rotatable bonds is 8. The van der Waals surface area contributed by atoms with Crippen molar-refractivity contribution in [1.82, 2.24) is 10.2 Å². The smallest absolute Gasteiger partial charge is 0.137 e. The van der Waals surface area contributed by atoms with Gasteiger partial charge in [-0.25, -0.2) is 4.39 Å². The van der Waals surface area contributed by atoms with Gasteiger partial charge in [-0.3, -0.25) is 0 Å². The highest BCUT2D eigenvalue weighted by molar-refractivity contribution is 9.10. The van der Waals surface area contributed by atoms with Gasteiger partial charge in [0.05, 0.1) is 17.7 Å². The molecule has 5 heteroatoms. The van der Waals surface area contributed by atoms with Crippen molar-refractivity contribution in [3.63, 3.8) is 0 Å². The van der Waals surface area contributed by atoms with Crippen molar-refractivity contribution < 1.29 is 9.13 Å². The molecule has 0 saturated carbocycles. The number of halogens is 2. The van der Waals surface area contributed by atoms with Gasteiger partial charge in [0.25, 0.3) is 0 Å². The average molecular weight is 319 g/mol. The van der Waals surface area contributed by atoms with Gasteiger partial charge in [-0.15, -0.1) is 0 Å². The lowest BCUT2D eigenvalue weighted by Gasteiger charge is -2.10. The maximum atomic E-state index is 13.2. The van der Waals surface area contributed by atoms with Gasteiger partial charge in [0, 0.05) is 19.6 Å². The Morgan fingerprint density at radius 1 is 1.33 bits per heavy atom. The van der Waals surface area contributed by atoms with Gasteiger partial charge in [0.1, 0.15) is 5.82 Å². The van der Waals surface area contributed by atoms with Gasteiger partial charge in [-0.2, -0.15) is 0 Å². The van der Waals surface area contributed by atoms with Crippen LogP contribution in [-0.2, 0) is 11.3 Å². The third-order valence-electron chi connectivity index (χ3n) is 2.42. The molecule has 0 aliphatic carbocycles. The number of nitrogens with one attached hydrogen (secondary N) is 1. The SMILES string of the molecule is CN(C)CCOCCNCc1ccc(Br)c(F)c1. The van der Waals surface area contributed by atoms with Gasteiger partial charge in [0.15, 0.2) is 0 Å². The van der Waals surface area contributed by atoms with Crippen molar-refractivity contribution in [2.24, 2.45) is 0 Å². The molecule has 0 saturated heterocycles. The first-order chi connectivity index (χ1) is 8.59. The zero-order chi connectivity index (χ0) is 13.4. The molecule has 1 aromatic rings. The van der Waals surface area contributed by atoms with Crippen molar-refractivity contribution in [2.75, 3.05) is 40.4 Å². The summed E-state index contributed by atoms with van der Waals surface area (Å²) in [6.07, 6.45) is 0. The second-order valence-corrected chi connectivity index (χ2v) is 5.20. The zero-order valence-electron chi connectivity index (χ0n) is 10.9. The molecule has 18 heavy (non-hydrogen) atoms. The molecule has 1 aromatic carbocycles. The first-order valence-electron chi connectivity index (χ1n) is 5.96. The molecule has 102 valence electrons. The molecule has 3 nitrogen and oxygen atoms in total. The Labute approximate surface area is 116 Å². The van der Waals surface area contributed by atoms with Crippen LogP contribution in [0.3, 0.4) is 0 Å². The Hall–Kier alpha value is -0.490. The van der Waals surface area contributed by atoms with Crippen LogP contribution in [0.4, 0.5) is 4.39 Å². The molecule has 0 fully saturated rings. The minimum absolute atomic E-state index is 0.225. The molecule has 0 heterocycles. The van der Waals surface area contributed by atoms with Crippen LogP contribution in [0.25, 0.3) is 0 Å². The van der Waals surface area contributed by atoms with Crippen LogP contribution in [0.1, 0.15) is 5.56 Å². The minimum Gasteiger partial charge on any atom is -0.379 e. The number of hydrogen-bond donors (Lipinski definition) is 1. The molecule has 0 aliphatic heterocycles. The van der Waals surface area contributed by atoms with E-state index in [1.165, 1.54) is 6.07 Å². The normalized spacial score (nSPS) is 11.2. The van der Waals surface area contributed by atoms with E-state index in [1.807, 2.05) is 20.2 Å². The topological polar surface area (TPSA) is 24.5 Å². The monoisotopic (exact) mass is 318 g/mol. The Balaban J connectivity index is 2.09. The molecule has 0 radical (unpaired) electrons. The van der Waals surface area contributed by atoms with Crippen LogP contribution in [-0.4, -0.2) is 45.3 Å².